The summed E-state index contributed by atoms with van der Waals surface area (Å²) in [5.41, 5.74) is 3.68. The first-order valence-electron chi connectivity index (χ1n) is 6.17. The highest BCUT2D eigenvalue weighted by molar-refractivity contribution is 7.13. The van der Waals surface area contributed by atoms with Gasteiger partial charge in [0.15, 0.2) is 11.5 Å². The van der Waals surface area contributed by atoms with Gasteiger partial charge in [0.25, 0.3) is 5.69 Å². The van der Waals surface area contributed by atoms with Crippen molar-refractivity contribution < 1.29 is 14.4 Å². The summed E-state index contributed by atoms with van der Waals surface area (Å²) in [6.45, 7) is 1.86. The van der Waals surface area contributed by atoms with E-state index in [4.69, 9.17) is 9.47 Å². The third kappa shape index (κ3) is 3.31. The van der Waals surface area contributed by atoms with Gasteiger partial charge >= 0.3 is 0 Å². The number of methoxy groups -OCH3 is 2. The molecule has 0 saturated carbocycles. The second-order valence-electron chi connectivity index (χ2n) is 4.16. The van der Waals surface area contributed by atoms with Crippen molar-refractivity contribution in [2.75, 3.05) is 19.6 Å². The molecule has 8 nitrogen and oxygen atoms in total. The van der Waals surface area contributed by atoms with Gasteiger partial charge in [-0.15, -0.1) is 11.3 Å². The molecule has 0 amide bonds. The van der Waals surface area contributed by atoms with Gasteiger partial charge < -0.3 is 9.47 Å². The highest BCUT2D eigenvalue weighted by Crippen LogP contribution is 2.35. The Kier molecular flexibility index (Phi) is 4.89. The van der Waals surface area contributed by atoms with E-state index in [1.807, 2.05) is 12.3 Å². The molecule has 0 aliphatic carbocycles. The van der Waals surface area contributed by atoms with Gasteiger partial charge in [-0.1, -0.05) is 0 Å². The maximum absolute atomic E-state index is 11.1. The number of nitrogens with one attached hydrogen (secondary N) is 1. The van der Waals surface area contributed by atoms with Crippen LogP contribution in [0.3, 0.4) is 0 Å². The molecule has 0 radical (unpaired) electrons. The van der Waals surface area contributed by atoms with Crippen molar-refractivity contribution in [3.8, 4) is 11.5 Å². The van der Waals surface area contributed by atoms with Crippen molar-refractivity contribution in [3.05, 3.63) is 38.9 Å². The van der Waals surface area contributed by atoms with Crippen LogP contribution in [-0.2, 0) is 0 Å². The number of ether oxygens (including phenoxy) is 2. The molecule has 22 heavy (non-hydrogen) atoms. The van der Waals surface area contributed by atoms with Crippen LogP contribution in [0.5, 0.6) is 11.5 Å². The SMILES string of the molecule is COc1ccc([N+](=O)[O-])c(C=NNc2nc(C)cs2)c1OC. The van der Waals surface area contributed by atoms with Gasteiger partial charge in [-0.05, 0) is 13.0 Å². The minimum atomic E-state index is -0.503. The van der Waals surface area contributed by atoms with Crippen LogP contribution in [0.2, 0.25) is 0 Å². The molecule has 0 unspecified atom stereocenters. The van der Waals surface area contributed by atoms with E-state index in [0.29, 0.717) is 10.9 Å². The number of nitrogens with zero attached hydrogens (tertiary/aromatic N) is 3. The predicted molar refractivity (Wildman–Crippen MR) is 84.3 cm³/mol. The summed E-state index contributed by atoms with van der Waals surface area (Å²) in [4.78, 5) is 14.8. The number of aromatic nitrogens is 1. The van der Waals surface area contributed by atoms with Crippen molar-refractivity contribution in [3.63, 3.8) is 0 Å². The maximum atomic E-state index is 11.1. The molecule has 0 aliphatic heterocycles. The summed E-state index contributed by atoms with van der Waals surface area (Å²) >= 11 is 1.39. The first kappa shape index (κ1) is 15.7. The zero-order valence-corrected chi connectivity index (χ0v) is 13.0. The molecule has 1 aromatic carbocycles. The lowest BCUT2D eigenvalue weighted by molar-refractivity contribution is -0.385. The smallest absolute Gasteiger partial charge is 0.282 e. The first-order valence-corrected chi connectivity index (χ1v) is 7.05. The third-order valence-corrected chi connectivity index (χ3v) is 3.60. The van der Waals surface area contributed by atoms with Crippen LogP contribution in [0.15, 0.2) is 22.6 Å². The van der Waals surface area contributed by atoms with E-state index in [1.54, 1.807) is 0 Å². The minimum absolute atomic E-state index is 0.126. The second kappa shape index (κ2) is 6.85. The number of hydrogen-bond acceptors (Lipinski definition) is 8. The van der Waals surface area contributed by atoms with Crippen LogP contribution in [0, 0.1) is 17.0 Å². The molecule has 2 aromatic rings. The van der Waals surface area contributed by atoms with Gasteiger partial charge in [-0.2, -0.15) is 5.10 Å². The Labute approximate surface area is 130 Å². The van der Waals surface area contributed by atoms with Crippen LogP contribution >= 0.6 is 11.3 Å². The maximum Gasteiger partial charge on any atom is 0.282 e. The molecular formula is C13H14N4O4S. The molecule has 0 spiro atoms. The number of nitro benzene ring substituents is 1. The number of hydrazone groups is 1. The van der Waals surface area contributed by atoms with Crippen LogP contribution < -0.4 is 14.9 Å². The summed E-state index contributed by atoms with van der Waals surface area (Å²) in [6, 6.07) is 2.82. The van der Waals surface area contributed by atoms with Crippen LogP contribution in [0.4, 0.5) is 10.8 Å². The van der Waals surface area contributed by atoms with Crippen LogP contribution in [0.25, 0.3) is 0 Å². The molecule has 116 valence electrons. The van der Waals surface area contributed by atoms with Crippen molar-refractivity contribution in [1.82, 2.24) is 4.98 Å². The van der Waals surface area contributed by atoms with E-state index in [0.717, 1.165) is 5.69 Å². The summed E-state index contributed by atoms with van der Waals surface area (Å²) in [5.74, 6) is 0.636. The number of nitro groups is 1. The van der Waals surface area contributed by atoms with Crippen molar-refractivity contribution in [2.45, 2.75) is 6.92 Å². The molecule has 9 heteroatoms. The number of rotatable bonds is 6. The monoisotopic (exact) mass is 322 g/mol. The van der Waals surface area contributed by atoms with Crippen LogP contribution in [0.1, 0.15) is 11.3 Å². The lowest BCUT2D eigenvalue weighted by Gasteiger charge is -2.10. The number of benzene rings is 1. The molecule has 1 N–H and O–H groups in total. The largest absolute Gasteiger partial charge is 0.493 e. The van der Waals surface area contributed by atoms with Gasteiger partial charge in [0.05, 0.1) is 31.1 Å². The molecule has 0 aliphatic rings. The molecule has 0 saturated heterocycles. The Balaban J connectivity index is 2.36. The Morgan fingerprint density at radius 2 is 2.18 bits per heavy atom. The fourth-order valence-electron chi connectivity index (χ4n) is 1.78. The highest BCUT2D eigenvalue weighted by atomic mass is 32.1. The Hall–Kier alpha value is -2.68. The van der Waals surface area contributed by atoms with E-state index in [2.05, 4.69) is 15.5 Å². The standard InChI is InChI=1S/C13H14N4O4S/c1-8-7-22-13(15-8)16-14-6-9-10(17(18)19)4-5-11(20-2)12(9)21-3/h4-7H,1-3H3,(H,15,16). The molecule has 1 aromatic heterocycles. The van der Waals surface area contributed by atoms with Crippen molar-refractivity contribution >= 4 is 28.4 Å². The van der Waals surface area contributed by atoms with E-state index >= 15 is 0 Å². The summed E-state index contributed by atoms with van der Waals surface area (Å²) in [6.07, 6.45) is 1.32. The van der Waals surface area contributed by atoms with Gasteiger partial charge in [-0.3, -0.25) is 15.5 Å². The molecule has 0 atom stereocenters. The molecular weight excluding hydrogens is 308 g/mol. The number of aryl methyl sites for hydroxylation is 1. The number of hydrogen-bond donors (Lipinski definition) is 1. The number of anilines is 1. The number of thiazole rings is 1. The zero-order valence-electron chi connectivity index (χ0n) is 12.2. The van der Waals surface area contributed by atoms with Gasteiger partial charge in [0.1, 0.15) is 5.56 Å². The lowest BCUT2D eigenvalue weighted by atomic mass is 10.1. The fourth-order valence-corrected chi connectivity index (χ4v) is 2.42. The van der Waals surface area contributed by atoms with Crippen molar-refractivity contribution in [2.24, 2.45) is 5.10 Å². The lowest BCUT2D eigenvalue weighted by Crippen LogP contribution is -2.01. The molecule has 2 rings (SSSR count). The van der Waals surface area contributed by atoms with Gasteiger partial charge in [-0.25, -0.2) is 4.98 Å². The predicted octanol–water partition coefficient (Wildman–Crippen LogP) is 2.82. The second-order valence-corrected chi connectivity index (χ2v) is 5.01. The normalized spacial score (nSPS) is 10.7. The van der Waals surface area contributed by atoms with Gasteiger partial charge in [0.2, 0.25) is 5.13 Å². The summed E-state index contributed by atoms with van der Waals surface area (Å²) in [7, 11) is 2.87. The molecule has 1 heterocycles. The Morgan fingerprint density at radius 1 is 1.41 bits per heavy atom. The van der Waals surface area contributed by atoms with E-state index < -0.39 is 4.92 Å². The highest BCUT2D eigenvalue weighted by Gasteiger charge is 2.21. The quantitative estimate of drug-likeness (QED) is 0.499. The molecule has 0 bridgehead atoms. The van der Waals surface area contributed by atoms with Crippen LogP contribution in [-0.4, -0.2) is 30.3 Å². The Morgan fingerprint density at radius 3 is 2.73 bits per heavy atom. The average molecular weight is 322 g/mol. The van der Waals surface area contributed by atoms with Crippen molar-refractivity contribution in [1.29, 1.82) is 0 Å². The zero-order chi connectivity index (χ0) is 16.1. The van der Waals surface area contributed by atoms with E-state index in [-0.39, 0.29) is 17.0 Å². The topological polar surface area (TPSA) is 98.9 Å². The molecule has 0 fully saturated rings. The Bertz CT molecular complexity index is 714. The summed E-state index contributed by atoms with van der Waals surface area (Å²) in [5, 5.41) is 17.6. The van der Waals surface area contributed by atoms with E-state index in [1.165, 1.54) is 43.9 Å². The minimum Gasteiger partial charge on any atom is -0.493 e. The van der Waals surface area contributed by atoms with Gasteiger partial charge in [0, 0.05) is 11.4 Å². The third-order valence-electron chi connectivity index (χ3n) is 2.73. The average Bonchev–Trinajstić information content (AvgIpc) is 2.91. The fraction of sp³-hybridized carbons (Fsp3) is 0.231. The van der Waals surface area contributed by atoms with E-state index in [9.17, 15) is 10.1 Å². The summed E-state index contributed by atoms with van der Waals surface area (Å²) < 4.78 is 10.3. The first-order chi connectivity index (χ1) is 10.6.